The maximum Gasteiger partial charge on any atom is 0.236 e. The van der Waals surface area contributed by atoms with E-state index in [1.807, 2.05) is 36.1 Å². The molecule has 2 heterocycles. The molecular formula is C19H18ClN3OS. The van der Waals surface area contributed by atoms with E-state index in [4.69, 9.17) is 11.6 Å². The molecule has 3 aromatic rings. The third-order valence-corrected chi connectivity index (χ3v) is 5.71. The molecule has 25 heavy (non-hydrogen) atoms. The van der Waals surface area contributed by atoms with Gasteiger partial charge in [0.15, 0.2) is 5.16 Å². The highest BCUT2D eigenvalue weighted by Crippen LogP contribution is 2.27. The number of benzene rings is 2. The highest BCUT2D eigenvalue weighted by atomic mass is 35.5. The summed E-state index contributed by atoms with van der Waals surface area (Å²) >= 11 is 7.47. The number of rotatable bonds is 3. The molecule has 0 saturated heterocycles. The number of halogens is 1. The van der Waals surface area contributed by atoms with Crippen LogP contribution in [0.1, 0.15) is 18.1 Å². The van der Waals surface area contributed by atoms with Crippen LogP contribution in [0.3, 0.4) is 0 Å². The van der Waals surface area contributed by atoms with Gasteiger partial charge in [-0.15, -0.1) is 0 Å². The van der Waals surface area contributed by atoms with Crippen molar-refractivity contribution < 1.29 is 4.79 Å². The maximum absolute atomic E-state index is 12.8. The SMILES string of the molecule is C[C@@H](Sc1nc2ccc(Cl)cc2[nH]1)C(=O)N1CCc2ccccc2C1. The van der Waals surface area contributed by atoms with Crippen molar-refractivity contribution in [1.82, 2.24) is 14.9 Å². The molecule has 1 aromatic heterocycles. The van der Waals surface area contributed by atoms with E-state index in [9.17, 15) is 4.79 Å². The van der Waals surface area contributed by atoms with Crippen molar-refractivity contribution in [2.24, 2.45) is 0 Å². The molecule has 0 bridgehead atoms. The van der Waals surface area contributed by atoms with Gasteiger partial charge in [0.25, 0.3) is 0 Å². The molecule has 0 unspecified atom stereocenters. The van der Waals surface area contributed by atoms with Gasteiger partial charge in [-0.2, -0.15) is 0 Å². The predicted octanol–water partition coefficient (Wildman–Crippen LogP) is 4.28. The van der Waals surface area contributed by atoms with Crippen molar-refractivity contribution in [3.05, 3.63) is 58.6 Å². The molecule has 4 nitrogen and oxygen atoms in total. The zero-order valence-electron chi connectivity index (χ0n) is 13.8. The summed E-state index contributed by atoms with van der Waals surface area (Å²) in [5.41, 5.74) is 4.35. The number of H-pyrrole nitrogens is 1. The molecule has 6 heteroatoms. The smallest absolute Gasteiger partial charge is 0.236 e. The van der Waals surface area contributed by atoms with Gasteiger partial charge in [-0.25, -0.2) is 4.98 Å². The number of fused-ring (bicyclic) bond motifs is 2. The second-order valence-corrected chi connectivity index (χ2v) is 8.01. The lowest BCUT2D eigenvalue weighted by Gasteiger charge is -2.30. The molecule has 1 aliphatic heterocycles. The first-order chi connectivity index (χ1) is 12.1. The summed E-state index contributed by atoms with van der Waals surface area (Å²) < 4.78 is 0. The molecule has 0 aliphatic carbocycles. The molecular weight excluding hydrogens is 354 g/mol. The normalized spacial score (nSPS) is 15.2. The number of nitrogens with one attached hydrogen (secondary N) is 1. The van der Waals surface area contributed by atoms with Gasteiger partial charge < -0.3 is 9.88 Å². The van der Waals surface area contributed by atoms with Gasteiger partial charge in [0, 0.05) is 18.1 Å². The van der Waals surface area contributed by atoms with E-state index in [-0.39, 0.29) is 11.2 Å². The van der Waals surface area contributed by atoms with E-state index in [1.165, 1.54) is 22.9 Å². The number of imidazole rings is 1. The van der Waals surface area contributed by atoms with E-state index in [0.717, 1.165) is 29.2 Å². The Hall–Kier alpha value is -1.98. The van der Waals surface area contributed by atoms with E-state index in [2.05, 4.69) is 28.2 Å². The highest BCUT2D eigenvalue weighted by Gasteiger charge is 2.25. The molecule has 4 rings (SSSR count). The summed E-state index contributed by atoms with van der Waals surface area (Å²) in [6.45, 7) is 3.40. The predicted molar refractivity (Wildman–Crippen MR) is 102 cm³/mol. The Morgan fingerprint density at radius 1 is 1.28 bits per heavy atom. The average Bonchev–Trinajstić information content (AvgIpc) is 3.01. The highest BCUT2D eigenvalue weighted by molar-refractivity contribution is 8.00. The van der Waals surface area contributed by atoms with Gasteiger partial charge in [0.05, 0.1) is 16.3 Å². The molecule has 1 N–H and O–H groups in total. The summed E-state index contributed by atoms with van der Waals surface area (Å²) in [5.74, 6) is 0.151. The van der Waals surface area contributed by atoms with Crippen LogP contribution < -0.4 is 0 Å². The molecule has 1 atom stereocenters. The Bertz CT molecular complexity index is 939. The van der Waals surface area contributed by atoms with E-state index in [0.29, 0.717) is 11.6 Å². The molecule has 0 spiro atoms. The van der Waals surface area contributed by atoms with Gasteiger partial charge in [-0.05, 0) is 42.7 Å². The third-order valence-electron chi connectivity index (χ3n) is 4.50. The third kappa shape index (κ3) is 3.39. The van der Waals surface area contributed by atoms with Crippen LogP contribution in [0.25, 0.3) is 11.0 Å². The number of hydrogen-bond donors (Lipinski definition) is 1. The minimum absolute atomic E-state index is 0.151. The van der Waals surface area contributed by atoms with Crippen LogP contribution in [-0.2, 0) is 17.8 Å². The van der Waals surface area contributed by atoms with Crippen molar-refractivity contribution in [1.29, 1.82) is 0 Å². The number of carbonyl (C=O) groups excluding carboxylic acids is 1. The first-order valence-corrected chi connectivity index (χ1v) is 9.53. The molecule has 128 valence electrons. The summed E-state index contributed by atoms with van der Waals surface area (Å²) in [6.07, 6.45) is 0.919. The van der Waals surface area contributed by atoms with Crippen molar-refractivity contribution in [2.75, 3.05) is 6.54 Å². The van der Waals surface area contributed by atoms with Gasteiger partial charge in [0.2, 0.25) is 5.91 Å². The zero-order valence-corrected chi connectivity index (χ0v) is 15.4. The second-order valence-electron chi connectivity index (χ2n) is 6.24. The minimum Gasteiger partial charge on any atom is -0.337 e. The zero-order chi connectivity index (χ0) is 17.4. The summed E-state index contributed by atoms with van der Waals surface area (Å²) in [6, 6.07) is 13.9. The first-order valence-electron chi connectivity index (χ1n) is 8.27. The molecule has 2 aromatic carbocycles. The van der Waals surface area contributed by atoms with Gasteiger partial charge in [-0.1, -0.05) is 47.6 Å². The summed E-state index contributed by atoms with van der Waals surface area (Å²) in [5, 5.41) is 1.22. The molecule has 0 saturated carbocycles. The maximum atomic E-state index is 12.8. The van der Waals surface area contributed by atoms with Gasteiger partial charge in [-0.3, -0.25) is 4.79 Å². The fourth-order valence-corrected chi connectivity index (χ4v) is 4.25. The lowest BCUT2D eigenvalue weighted by Crippen LogP contribution is -2.40. The fraction of sp³-hybridized carbons (Fsp3) is 0.263. The van der Waals surface area contributed by atoms with Crippen LogP contribution >= 0.6 is 23.4 Å². The number of hydrogen-bond acceptors (Lipinski definition) is 3. The standard InChI is InChI=1S/C19H18ClN3OS/c1-12(25-19-21-16-7-6-15(20)10-17(16)22-19)18(24)23-9-8-13-4-2-3-5-14(13)11-23/h2-7,10,12H,8-9,11H2,1H3,(H,21,22)/t12-/m1/s1. The monoisotopic (exact) mass is 371 g/mol. The fourth-order valence-electron chi connectivity index (χ4n) is 3.17. The summed E-state index contributed by atoms with van der Waals surface area (Å²) in [4.78, 5) is 22.5. The molecule has 0 fully saturated rings. The van der Waals surface area contributed by atoms with Gasteiger partial charge in [0.1, 0.15) is 0 Å². The molecule has 1 amide bonds. The lowest BCUT2D eigenvalue weighted by molar-refractivity contribution is -0.131. The Balaban J connectivity index is 1.47. The number of amides is 1. The van der Waals surface area contributed by atoms with Crippen LogP contribution in [-0.4, -0.2) is 32.6 Å². The minimum atomic E-state index is -0.193. The van der Waals surface area contributed by atoms with E-state index >= 15 is 0 Å². The quantitative estimate of drug-likeness (QED) is 0.699. The van der Waals surface area contributed by atoms with Crippen LogP contribution in [0.2, 0.25) is 5.02 Å². The average molecular weight is 372 g/mol. The second kappa shape index (κ2) is 6.73. The van der Waals surface area contributed by atoms with Crippen LogP contribution in [0.5, 0.6) is 0 Å². The number of carbonyl (C=O) groups is 1. The topological polar surface area (TPSA) is 49.0 Å². The largest absolute Gasteiger partial charge is 0.337 e. The number of aromatic amines is 1. The van der Waals surface area contributed by atoms with E-state index in [1.54, 1.807) is 0 Å². The number of aromatic nitrogens is 2. The van der Waals surface area contributed by atoms with Crippen LogP contribution in [0.4, 0.5) is 0 Å². The van der Waals surface area contributed by atoms with Crippen molar-refractivity contribution in [3.63, 3.8) is 0 Å². The Labute approximate surface area is 155 Å². The van der Waals surface area contributed by atoms with Crippen molar-refractivity contribution in [2.45, 2.75) is 30.3 Å². The van der Waals surface area contributed by atoms with Crippen molar-refractivity contribution in [3.8, 4) is 0 Å². The Morgan fingerprint density at radius 2 is 2.08 bits per heavy atom. The Kier molecular flexibility index (Phi) is 4.44. The number of nitrogens with zero attached hydrogens (tertiary/aromatic N) is 2. The Morgan fingerprint density at radius 3 is 2.92 bits per heavy atom. The van der Waals surface area contributed by atoms with E-state index < -0.39 is 0 Å². The lowest BCUT2D eigenvalue weighted by atomic mass is 10.00. The number of thioether (sulfide) groups is 1. The molecule has 0 radical (unpaired) electrons. The molecule has 1 aliphatic rings. The van der Waals surface area contributed by atoms with Gasteiger partial charge >= 0.3 is 0 Å². The van der Waals surface area contributed by atoms with Crippen LogP contribution in [0, 0.1) is 0 Å². The summed E-state index contributed by atoms with van der Waals surface area (Å²) in [7, 11) is 0. The van der Waals surface area contributed by atoms with Crippen LogP contribution in [0.15, 0.2) is 47.6 Å². The first kappa shape index (κ1) is 16.5. The van der Waals surface area contributed by atoms with Crippen molar-refractivity contribution >= 4 is 40.3 Å².